The van der Waals surface area contributed by atoms with Gasteiger partial charge in [0.05, 0.1) is 5.75 Å². The molecule has 1 fully saturated rings. The fourth-order valence-corrected chi connectivity index (χ4v) is 4.11. The first-order valence-corrected chi connectivity index (χ1v) is 7.90. The second-order valence-corrected chi connectivity index (χ2v) is 6.90. The molecule has 0 aromatic heterocycles. The maximum absolute atomic E-state index is 12.2. The van der Waals surface area contributed by atoms with Gasteiger partial charge in [-0.25, -0.2) is 8.42 Å². The van der Waals surface area contributed by atoms with E-state index in [2.05, 4.69) is 0 Å². The molecule has 0 saturated carbocycles. The van der Waals surface area contributed by atoms with Gasteiger partial charge in [0, 0.05) is 18.6 Å². The molecule has 0 spiro atoms. The molecule has 2 atom stereocenters. The van der Waals surface area contributed by atoms with Crippen molar-refractivity contribution >= 4 is 10.0 Å². The molecule has 1 aliphatic heterocycles. The van der Waals surface area contributed by atoms with Crippen molar-refractivity contribution < 1.29 is 8.42 Å². The van der Waals surface area contributed by atoms with Gasteiger partial charge in [0.2, 0.25) is 10.0 Å². The Labute approximate surface area is 109 Å². The fraction of sp³-hybridized carbons (Fsp3) is 0.538. The minimum Gasteiger partial charge on any atom is -0.326 e. The summed E-state index contributed by atoms with van der Waals surface area (Å²) < 4.78 is 26.0. The summed E-state index contributed by atoms with van der Waals surface area (Å²) >= 11 is 0. The Kier molecular flexibility index (Phi) is 4.04. The van der Waals surface area contributed by atoms with Crippen molar-refractivity contribution in [1.82, 2.24) is 4.31 Å². The molecule has 0 bridgehead atoms. The van der Waals surface area contributed by atoms with E-state index < -0.39 is 10.0 Å². The zero-order valence-electron chi connectivity index (χ0n) is 10.6. The molecule has 1 aromatic rings. The van der Waals surface area contributed by atoms with Crippen LogP contribution in [0.25, 0.3) is 0 Å². The lowest BCUT2D eigenvalue weighted by atomic mass is 10.2. The van der Waals surface area contributed by atoms with E-state index in [4.69, 9.17) is 5.73 Å². The van der Waals surface area contributed by atoms with Crippen LogP contribution in [0.1, 0.15) is 18.9 Å². The Balaban J connectivity index is 2.00. The molecular formula is C13H20N2O2S. The minimum absolute atomic E-state index is 0.0310. The summed E-state index contributed by atoms with van der Waals surface area (Å²) in [6.45, 7) is 2.44. The van der Waals surface area contributed by atoms with Gasteiger partial charge in [0.1, 0.15) is 0 Å². The number of nitrogens with zero attached hydrogens (tertiary/aromatic N) is 1. The highest BCUT2D eigenvalue weighted by atomic mass is 32.2. The van der Waals surface area contributed by atoms with Crippen LogP contribution in [0, 0.1) is 0 Å². The highest BCUT2D eigenvalue weighted by Gasteiger charge is 2.35. The summed E-state index contributed by atoms with van der Waals surface area (Å²) in [6, 6.07) is 9.58. The third-order valence-corrected chi connectivity index (χ3v) is 5.56. The molecule has 5 heteroatoms. The monoisotopic (exact) mass is 268 g/mol. The molecule has 1 heterocycles. The van der Waals surface area contributed by atoms with Crippen LogP contribution < -0.4 is 5.73 Å². The number of sulfonamides is 1. The van der Waals surface area contributed by atoms with Crippen LogP contribution >= 0.6 is 0 Å². The summed E-state index contributed by atoms with van der Waals surface area (Å²) in [4.78, 5) is 0. The first-order valence-electron chi connectivity index (χ1n) is 6.30. The van der Waals surface area contributed by atoms with E-state index >= 15 is 0 Å². The van der Waals surface area contributed by atoms with Crippen LogP contribution in [0.15, 0.2) is 30.3 Å². The van der Waals surface area contributed by atoms with Gasteiger partial charge in [0.25, 0.3) is 0 Å². The normalized spacial score (nSPS) is 25.4. The smallest absolute Gasteiger partial charge is 0.214 e. The van der Waals surface area contributed by atoms with Crippen LogP contribution in [0.2, 0.25) is 0 Å². The van der Waals surface area contributed by atoms with Gasteiger partial charge < -0.3 is 5.73 Å². The molecule has 1 saturated heterocycles. The Morgan fingerprint density at radius 2 is 2.00 bits per heavy atom. The lowest BCUT2D eigenvalue weighted by molar-refractivity contribution is 0.393. The van der Waals surface area contributed by atoms with E-state index in [1.54, 1.807) is 4.31 Å². The van der Waals surface area contributed by atoms with E-state index in [1.807, 2.05) is 37.3 Å². The van der Waals surface area contributed by atoms with E-state index in [0.29, 0.717) is 13.0 Å². The standard InChI is InChI=1S/C13H20N2O2S/c1-11-13(14)7-9-15(11)18(16,17)10-8-12-5-3-2-4-6-12/h2-6,11,13H,7-10,14H2,1H3. The van der Waals surface area contributed by atoms with E-state index in [-0.39, 0.29) is 17.8 Å². The molecular weight excluding hydrogens is 248 g/mol. The third kappa shape index (κ3) is 2.91. The van der Waals surface area contributed by atoms with Crippen LogP contribution in [0.5, 0.6) is 0 Å². The zero-order chi connectivity index (χ0) is 13.2. The first kappa shape index (κ1) is 13.5. The SMILES string of the molecule is CC1C(N)CCN1S(=O)(=O)CCc1ccccc1. The zero-order valence-corrected chi connectivity index (χ0v) is 11.4. The summed E-state index contributed by atoms with van der Waals surface area (Å²) in [5, 5.41) is 0. The predicted molar refractivity (Wildman–Crippen MR) is 72.7 cm³/mol. The largest absolute Gasteiger partial charge is 0.326 e. The first-order chi connectivity index (χ1) is 8.50. The Morgan fingerprint density at radius 3 is 2.56 bits per heavy atom. The number of hydrogen-bond acceptors (Lipinski definition) is 3. The van der Waals surface area contributed by atoms with Gasteiger partial charge >= 0.3 is 0 Å². The highest BCUT2D eigenvalue weighted by molar-refractivity contribution is 7.89. The third-order valence-electron chi connectivity index (χ3n) is 3.61. The Morgan fingerprint density at radius 1 is 1.33 bits per heavy atom. The van der Waals surface area contributed by atoms with Gasteiger partial charge in [0.15, 0.2) is 0 Å². The lowest BCUT2D eigenvalue weighted by Gasteiger charge is -2.22. The van der Waals surface area contributed by atoms with Crippen molar-refractivity contribution in [2.75, 3.05) is 12.3 Å². The van der Waals surface area contributed by atoms with Gasteiger partial charge in [-0.15, -0.1) is 0 Å². The molecule has 100 valence electrons. The molecule has 18 heavy (non-hydrogen) atoms. The second-order valence-electron chi connectivity index (χ2n) is 4.86. The summed E-state index contributed by atoms with van der Waals surface area (Å²) in [6.07, 6.45) is 1.31. The van der Waals surface area contributed by atoms with Gasteiger partial charge in [-0.3, -0.25) is 0 Å². The molecule has 1 aliphatic rings. The van der Waals surface area contributed by atoms with Crippen LogP contribution in [-0.4, -0.2) is 37.1 Å². The summed E-state index contributed by atoms with van der Waals surface area (Å²) in [5.74, 6) is 0.161. The van der Waals surface area contributed by atoms with Crippen molar-refractivity contribution in [1.29, 1.82) is 0 Å². The van der Waals surface area contributed by atoms with Crippen molar-refractivity contribution in [2.24, 2.45) is 5.73 Å². The maximum Gasteiger partial charge on any atom is 0.214 e. The molecule has 0 aliphatic carbocycles. The van der Waals surface area contributed by atoms with Crippen LogP contribution in [0.4, 0.5) is 0 Å². The molecule has 1 aromatic carbocycles. The fourth-order valence-electron chi connectivity index (χ4n) is 2.34. The van der Waals surface area contributed by atoms with Gasteiger partial charge in [-0.1, -0.05) is 30.3 Å². The van der Waals surface area contributed by atoms with Crippen molar-refractivity contribution in [2.45, 2.75) is 31.8 Å². The van der Waals surface area contributed by atoms with E-state index in [0.717, 1.165) is 12.0 Å². The summed E-state index contributed by atoms with van der Waals surface area (Å²) in [5.41, 5.74) is 6.92. The number of rotatable bonds is 4. The van der Waals surface area contributed by atoms with E-state index in [1.165, 1.54) is 0 Å². The topological polar surface area (TPSA) is 63.4 Å². The van der Waals surface area contributed by atoms with Gasteiger partial charge in [-0.05, 0) is 25.3 Å². The van der Waals surface area contributed by atoms with Gasteiger partial charge in [-0.2, -0.15) is 4.31 Å². The van der Waals surface area contributed by atoms with E-state index in [9.17, 15) is 8.42 Å². The molecule has 2 unspecified atom stereocenters. The highest BCUT2D eigenvalue weighted by Crippen LogP contribution is 2.20. The minimum atomic E-state index is -3.19. The molecule has 2 N–H and O–H groups in total. The molecule has 0 amide bonds. The van der Waals surface area contributed by atoms with Crippen molar-refractivity contribution in [3.05, 3.63) is 35.9 Å². The van der Waals surface area contributed by atoms with Crippen LogP contribution in [0.3, 0.4) is 0 Å². The average molecular weight is 268 g/mol. The van der Waals surface area contributed by atoms with Crippen molar-refractivity contribution in [3.63, 3.8) is 0 Å². The van der Waals surface area contributed by atoms with Crippen LogP contribution in [-0.2, 0) is 16.4 Å². The lowest BCUT2D eigenvalue weighted by Crippen LogP contribution is -2.41. The number of nitrogens with two attached hydrogens (primary N) is 1. The average Bonchev–Trinajstić information content (AvgIpc) is 2.70. The van der Waals surface area contributed by atoms with Crippen molar-refractivity contribution in [3.8, 4) is 0 Å². The number of hydrogen-bond donors (Lipinski definition) is 1. The molecule has 4 nitrogen and oxygen atoms in total. The molecule has 2 rings (SSSR count). The molecule has 0 radical (unpaired) electrons. The predicted octanol–water partition coefficient (Wildman–Crippen LogP) is 0.980. The Bertz CT molecular complexity index is 487. The number of aryl methyl sites for hydroxylation is 1. The second kappa shape index (κ2) is 5.38. The number of benzene rings is 1. The maximum atomic E-state index is 12.2. The summed E-state index contributed by atoms with van der Waals surface area (Å²) in [7, 11) is -3.19. The quantitative estimate of drug-likeness (QED) is 0.885. The Hall–Kier alpha value is -0.910.